The van der Waals surface area contributed by atoms with Gasteiger partial charge in [0.15, 0.2) is 0 Å². The summed E-state index contributed by atoms with van der Waals surface area (Å²) < 4.78 is 7.13. The predicted molar refractivity (Wildman–Crippen MR) is 80.2 cm³/mol. The molecule has 8 heteroatoms. The van der Waals surface area contributed by atoms with Gasteiger partial charge in [0, 0.05) is 25.9 Å². The molecule has 8 nitrogen and oxygen atoms in total. The number of hydrogen-bond donors (Lipinski definition) is 1. The number of nitrogens with one attached hydrogen (secondary N) is 1. The van der Waals surface area contributed by atoms with Crippen LogP contribution in [0.5, 0.6) is 0 Å². The van der Waals surface area contributed by atoms with Crippen LogP contribution in [0.1, 0.15) is 32.7 Å². The van der Waals surface area contributed by atoms with Crippen LogP contribution in [0.25, 0.3) is 0 Å². The number of nitrogens with zero attached hydrogens (tertiary/aromatic N) is 5. The van der Waals surface area contributed by atoms with Gasteiger partial charge in [-0.25, -0.2) is 4.68 Å². The van der Waals surface area contributed by atoms with Crippen molar-refractivity contribution in [2.24, 2.45) is 5.92 Å². The number of fused-ring (bicyclic) bond motifs is 1. The lowest BCUT2D eigenvalue weighted by Crippen LogP contribution is -2.39. The van der Waals surface area contributed by atoms with E-state index in [9.17, 15) is 4.79 Å². The maximum atomic E-state index is 12.6. The van der Waals surface area contributed by atoms with E-state index in [1.807, 2.05) is 25.8 Å². The van der Waals surface area contributed by atoms with E-state index in [0.717, 1.165) is 31.8 Å². The molecule has 1 amide bonds. The summed E-state index contributed by atoms with van der Waals surface area (Å²) in [6.45, 7) is 6.07. The molecule has 22 heavy (non-hydrogen) atoms. The highest BCUT2D eigenvalue weighted by molar-refractivity contribution is 5.96. The fourth-order valence-electron chi connectivity index (χ4n) is 3.07. The van der Waals surface area contributed by atoms with Gasteiger partial charge >= 0.3 is 0 Å². The second-order valence-corrected chi connectivity index (χ2v) is 5.95. The van der Waals surface area contributed by atoms with E-state index in [1.165, 1.54) is 0 Å². The first-order valence-corrected chi connectivity index (χ1v) is 7.68. The number of carbonyl (C=O) groups is 1. The van der Waals surface area contributed by atoms with Gasteiger partial charge in [-0.05, 0) is 43.0 Å². The van der Waals surface area contributed by atoms with Gasteiger partial charge in [0.2, 0.25) is 5.95 Å². The van der Waals surface area contributed by atoms with Gasteiger partial charge in [-0.3, -0.25) is 4.79 Å². The van der Waals surface area contributed by atoms with E-state index in [4.69, 9.17) is 4.74 Å². The Balaban J connectivity index is 1.72. The van der Waals surface area contributed by atoms with E-state index in [1.54, 1.807) is 4.68 Å². The zero-order valence-electron chi connectivity index (χ0n) is 13.2. The number of tetrazole rings is 1. The fourth-order valence-corrected chi connectivity index (χ4v) is 3.07. The molecule has 1 aromatic heterocycles. The van der Waals surface area contributed by atoms with Crippen molar-refractivity contribution in [1.29, 1.82) is 0 Å². The van der Waals surface area contributed by atoms with Gasteiger partial charge < -0.3 is 15.0 Å². The molecule has 1 fully saturated rings. The minimum atomic E-state index is -0.177. The monoisotopic (exact) mass is 306 g/mol. The molecule has 3 heterocycles. The van der Waals surface area contributed by atoms with Crippen molar-refractivity contribution >= 4 is 11.9 Å². The molecule has 1 N–H and O–H groups in total. The Bertz CT molecular complexity index is 590. The lowest BCUT2D eigenvalue weighted by Gasteiger charge is -2.31. The molecule has 2 aliphatic heterocycles. The molecule has 0 spiro atoms. The molecule has 0 radical (unpaired) electrons. The van der Waals surface area contributed by atoms with Gasteiger partial charge in [0.1, 0.15) is 0 Å². The number of aromatic nitrogens is 4. The number of amides is 1. The average molecular weight is 306 g/mol. The molecule has 3 rings (SSSR count). The van der Waals surface area contributed by atoms with Crippen molar-refractivity contribution in [2.45, 2.75) is 32.7 Å². The summed E-state index contributed by atoms with van der Waals surface area (Å²) in [5, 5.41) is 14.7. The summed E-state index contributed by atoms with van der Waals surface area (Å²) in [6, 6.07) is -0.177. The number of carbonyl (C=O) groups excluding carboxylic acids is 1. The first-order chi connectivity index (χ1) is 10.6. The van der Waals surface area contributed by atoms with Crippen molar-refractivity contribution in [3.05, 3.63) is 11.3 Å². The standard InChI is InChI=1S/C14H22N6O2/c1-9-12(10(2)20-14(19(9)3)16-17-18-20)13(21)15-7-11-5-4-6-22-8-11/h10-11H,4-8H2,1-3H3,(H,15,21)/t10-,11+/m0/s1. The van der Waals surface area contributed by atoms with Crippen molar-refractivity contribution in [2.75, 3.05) is 31.7 Å². The highest BCUT2D eigenvalue weighted by atomic mass is 16.5. The highest BCUT2D eigenvalue weighted by Gasteiger charge is 2.32. The van der Waals surface area contributed by atoms with Crippen LogP contribution in [0.4, 0.5) is 5.95 Å². The van der Waals surface area contributed by atoms with E-state index < -0.39 is 0 Å². The number of rotatable bonds is 3. The molecule has 0 aliphatic carbocycles. The Kier molecular flexibility index (Phi) is 4.10. The summed E-state index contributed by atoms with van der Waals surface area (Å²) in [7, 11) is 1.87. The number of anilines is 1. The third-order valence-corrected chi connectivity index (χ3v) is 4.50. The Morgan fingerprint density at radius 1 is 1.50 bits per heavy atom. The van der Waals surface area contributed by atoms with E-state index >= 15 is 0 Å². The molecule has 1 aromatic rings. The minimum Gasteiger partial charge on any atom is -0.381 e. The van der Waals surface area contributed by atoms with Crippen LogP contribution in [0.15, 0.2) is 11.3 Å². The minimum absolute atomic E-state index is 0.0522. The van der Waals surface area contributed by atoms with Gasteiger partial charge in [-0.15, -0.1) is 0 Å². The lowest BCUT2D eigenvalue weighted by molar-refractivity contribution is -0.118. The molecule has 0 saturated carbocycles. The quantitative estimate of drug-likeness (QED) is 0.875. The average Bonchev–Trinajstić information content (AvgIpc) is 3.02. The molecular formula is C14H22N6O2. The Hall–Kier alpha value is -1.96. The summed E-state index contributed by atoms with van der Waals surface area (Å²) in [6.07, 6.45) is 2.17. The van der Waals surface area contributed by atoms with Crippen molar-refractivity contribution in [3.8, 4) is 0 Å². The van der Waals surface area contributed by atoms with Crippen LogP contribution >= 0.6 is 0 Å². The van der Waals surface area contributed by atoms with E-state index in [-0.39, 0.29) is 11.9 Å². The number of allylic oxidation sites excluding steroid dienone is 1. The van der Waals surface area contributed by atoms with Crippen molar-refractivity contribution in [1.82, 2.24) is 25.5 Å². The summed E-state index contributed by atoms with van der Waals surface area (Å²) in [5.74, 6) is 1.00. The first kappa shape index (κ1) is 15.0. The molecule has 2 atom stereocenters. The maximum Gasteiger partial charge on any atom is 0.251 e. The predicted octanol–water partition coefficient (Wildman–Crippen LogP) is 0.501. The van der Waals surface area contributed by atoms with Gasteiger partial charge in [0.05, 0.1) is 18.2 Å². The third-order valence-electron chi connectivity index (χ3n) is 4.50. The molecule has 120 valence electrons. The maximum absolute atomic E-state index is 12.6. The molecular weight excluding hydrogens is 284 g/mol. The second kappa shape index (κ2) is 6.04. The van der Waals surface area contributed by atoms with Crippen LogP contribution in [0, 0.1) is 5.92 Å². The van der Waals surface area contributed by atoms with Crippen LogP contribution in [-0.2, 0) is 9.53 Å². The molecule has 0 aromatic carbocycles. The Labute approximate surface area is 129 Å². The highest BCUT2D eigenvalue weighted by Crippen LogP contribution is 2.31. The number of hydrogen-bond acceptors (Lipinski definition) is 6. The topological polar surface area (TPSA) is 85.2 Å². The second-order valence-electron chi connectivity index (χ2n) is 5.95. The summed E-state index contributed by atoms with van der Waals surface area (Å²) in [4.78, 5) is 14.5. The van der Waals surface area contributed by atoms with Crippen LogP contribution < -0.4 is 10.2 Å². The first-order valence-electron chi connectivity index (χ1n) is 7.68. The van der Waals surface area contributed by atoms with Gasteiger partial charge in [-0.2, -0.15) is 0 Å². The zero-order valence-corrected chi connectivity index (χ0v) is 13.2. The smallest absolute Gasteiger partial charge is 0.251 e. The summed E-state index contributed by atoms with van der Waals surface area (Å²) >= 11 is 0. The van der Waals surface area contributed by atoms with E-state index in [0.29, 0.717) is 24.0 Å². The Morgan fingerprint density at radius 3 is 3.05 bits per heavy atom. The van der Waals surface area contributed by atoms with Crippen LogP contribution in [0.2, 0.25) is 0 Å². The zero-order chi connectivity index (χ0) is 15.7. The molecule has 0 bridgehead atoms. The van der Waals surface area contributed by atoms with Gasteiger partial charge in [-0.1, -0.05) is 5.10 Å². The lowest BCUT2D eigenvalue weighted by atomic mass is 10.0. The van der Waals surface area contributed by atoms with Gasteiger partial charge in [0.25, 0.3) is 5.91 Å². The van der Waals surface area contributed by atoms with Crippen molar-refractivity contribution < 1.29 is 9.53 Å². The van der Waals surface area contributed by atoms with Crippen LogP contribution in [-0.4, -0.2) is 52.9 Å². The molecule has 1 saturated heterocycles. The summed E-state index contributed by atoms with van der Waals surface area (Å²) in [5.41, 5.74) is 1.59. The van der Waals surface area contributed by atoms with Crippen molar-refractivity contribution in [3.63, 3.8) is 0 Å². The number of ether oxygens (including phenoxy) is 1. The SMILES string of the molecule is CC1=C(C(=O)NC[C@H]2CCCOC2)[C@H](C)n2nnnc2N1C. The molecule has 0 unspecified atom stereocenters. The normalized spacial score (nSPS) is 25.1. The molecule has 2 aliphatic rings. The fraction of sp³-hybridized carbons (Fsp3) is 0.714. The van der Waals surface area contributed by atoms with Crippen LogP contribution in [0.3, 0.4) is 0 Å². The third kappa shape index (κ3) is 2.58. The van der Waals surface area contributed by atoms with E-state index in [2.05, 4.69) is 20.8 Å². The Morgan fingerprint density at radius 2 is 2.32 bits per heavy atom. The largest absolute Gasteiger partial charge is 0.381 e.